The lowest BCUT2D eigenvalue weighted by molar-refractivity contribution is -0.553. The molecule has 1 aliphatic heterocycles. The van der Waals surface area contributed by atoms with Crippen LogP contribution in [0.4, 0.5) is 0 Å². The molecule has 1 saturated carbocycles. The fourth-order valence-electron chi connectivity index (χ4n) is 2.48. The topological polar surface area (TPSA) is 99.9 Å². The molecule has 2 aliphatic rings. The predicted octanol–water partition coefficient (Wildman–Crippen LogP) is -0.551. The van der Waals surface area contributed by atoms with Gasteiger partial charge in [0, 0.05) is 12.8 Å². The second-order valence-corrected chi connectivity index (χ2v) is 4.94. The van der Waals surface area contributed by atoms with Gasteiger partial charge in [-0.3, -0.25) is 5.73 Å². The molecule has 0 aromatic rings. The van der Waals surface area contributed by atoms with Crippen LogP contribution in [0.5, 0.6) is 0 Å². The summed E-state index contributed by atoms with van der Waals surface area (Å²) in [5, 5.41) is 17.8. The minimum absolute atomic E-state index is 0.349. The Labute approximate surface area is 101 Å². The van der Waals surface area contributed by atoms with Crippen molar-refractivity contribution in [3.63, 3.8) is 0 Å². The van der Waals surface area contributed by atoms with E-state index in [1.54, 1.807) is 0 Å². The molecular formula is C12H16N5+. The standard InChI is InChI=1S/C12H15N5/c1-8-2-4-12(5-3-8)16-10(11(15)17-12)9(6-13)7-14/h8-9H,2-5H2,1H3,(H2,15,17)/p+1. The minimum atomic E-state index is -0.860. The average molecular weight is 230 g/mol. The number of amidine groups is 1. The molecule has 5 nitrogen and oxygen atoms in total. The van der Waals surface area contributed by atoms with E-state index >= 15 is 0 Å². The summed E-state index contributed by atoms with van der Waals surface area (Å²) < 4.78 is 0. The van der Waals surface area contributed by atoms with Crippen LogP contribution in [0.3, 0.4) is 0 Å². The summed E-state index contributed by atoms with van der Waals surface area (Å²) in [6, 6.07) is 3.84. The number of nitrogens with two attached hydrogens (primary N) is 1. The summed E-state index contributed by atoms with van der Waals surface area (Å²) in [6.07, 6.45) is 4.03. The van der Waals surface area contributed by atoms with E-state index in [1.807, 2.05) is 12.1 Å². The van der Waals surface area contributed by atoms with Crippen LogP contribution in [0.25, 0.3) is 0 Å². The SMILES string of the molecule is CC1CCC2(CC1)N=C(C(C#N)C#N)C(N)=[NH+]2. The lowest BCUT2D eigenvalue weighted by Gasteiger charge is -2.29. The highest BCUT2D eigenvalue weighted by molar-refractivity contribution is 6.41. The molecule has 0 unspecified atom stereocenters. The summed E-state index contributed by atoms with van der Waals surface area (Å²) in [6.45, 7) is 2.23. The van der Waals surface area contributed by atoms with Gasteiger partial charge in [-0.1, -0.05) is 6.92 Å². The Balaban J connectivity index is 2.26. The Hall–Kier alpha value is -1.88. The first-order valence-corrected chi connectivity index (χ1v) is 5.90. The molecular weight excluding hydrogens is 214 g/mol. The van der Waals surface area contributed by atoms with Gasteiger partial charge in [0.25, 0.3) is 5.84 Å². The van der Waals surface area contributed by atoms with Crippen molar-refractivity contribution in [1.29, 1.82) is 10.5 Å². The van der Waals surface area contributed by atoms with Crippen molar-refractivity contribution in [2.45, 2.75) is 38.3 Å². The third-order valence-electron chi connectivity index (χ3n) is 3.61. The van der Waals surface area contributed by atoms with E-state index < -0.39 is 5.92 Å². The van der Waals surface area contributed by atoms with Gasteiger partial charge in [0.15, 0.2) is 17.3 Å². The van der Waals surface area contributed by atoms with Gasteiger partial charge in [-0.05, 0) is 18.8 Å². The molecule has 3 N–H and O–H groups in total. The molecule has 0 bridgehead atoms. The molecule has 0 aromatic heterocycles. The maximum Gasteiger partial charge on any atom is 0.291 e. The molecule has 88 valence electrons. The zero-order valence-corrected chi connectivity index (χ0v) is 9.90. The highest BCUT2D eigenvalue weighted by Gasteiger charge is 2.43. The van der Waals surface area contributed by atoms with Gasteiger partial charge in [0.05, 0.1) is 12.1 Å². The highest BCUT2D eigenvalue weighted by Crippen LogP contribution is 2.31. The zero-order chi connectivity index (χ0) is 12.5. The van der Waals surface area contributed by atoms with Crippen molar-refractivity contribution in [3.8, 4) is 12.1 Å². The van der Waals surface area contributed by atoms with E-state index in [0.717, 1.165) is 25.7 Å². The number of rotatable bonds is 1. The van der Waals surface area contributed by atoms with Crippen LogP contribution in [-0.2, 0) is 0 Å². The smallest absolute Gasteiger partial charge is 0.286 e. The molecule has 1 aliphatic carbocycles. The lowest BCUT2D eigenvalue weighted by atomic mass is 9.83. The number of aliphatic imine (C=N–C) groups is 1. The molecule has 0 amide bonds. The Morgan fingerprint density at radius 1 is 1.41 bits per heavy atom. The van der Waals surface area contributed by atoms with Crippen molar-refractivity contribution >= 4 is 11.5 Å². The van der Waals surface area contributed by atoms with Crippen LogP contribution in [0.15, 0.2) is 4.99 Å². The van der Waals surface area contributed by atoms with Crippen LogP contribution in [-0.4, -0.2) is 17.2 Å². The molecule has 1 spiro atoms. The van der Waals surface area contributed by atoms with Gasteiger partial charge in [-0.2, -0.15) is 10.5 Å². The van der Waals surface area contributed by atoms with Gasteiger partial charge in [0.1, 0.15) is 0 Å². The lowest BCUT2D eigenvalue weighted by Crippen LogP contribution is -2.86. The molecule has 0 aromatic carbocycles. The Kier molecular flexibility index (Phi) is 2.85. The van der Waals surface area contributed by atoms with Crippen molar-refractivity contribution in [2.75, 3.05) is 0 Å². The Morgan fingerprint density at radius 2 is 2.00 bits per heavy atom. The van der Waals surface area contributed by atoms with E-state index in [-0.39, 0.29) is 5.66 Å². The number of nitrogens with zero attached hydrogens (tertiary/aromatic N) is 3. The number of nitriles is 2. The van der Waals surface area contributed by atoms with Gasteiger partial charge >= 0.3 is 0 Å². The summed E-state index contributed by atoms with van der Waals surface area (Å²) in [7, 11) is 0. The van der Waals surface area contributed by atoms with E-state index in [9.17, 15) is 0 Å². The van der Waals surface area contributed by atoms with Crippen LogP contribution < -0.4 is 10.7 Å². The van der Waals surface area contributed by atoms with Crippen LogP contribution in [0.1, 0.15) is 32.6 Å². The average Bonchev–Trinajstić information content (AvgIpc) is 2.63. The molecule has 0 atom stereocenters. The van der Waals surface area contributed by atoms with Crippen molar-refractivity contribution in [3.05, 3.63) is 0 Å². The van der Waals surface area contributed by atoms with Gasteiger partial charge in [-0.15, -0.1) is 0 Å². The summed E-state index contributed by atoms with van der Waals surface area (Å²) in [5.74, 6) is 0.250. The van der Waals surface area contributed by atoms with E-state index in [2.05, 4.69) is 16.9 Å². The first-order chi connectivity index (χ1) is 8.10. The van der Waals surface area contributed by atoms with Gasteiger partial charge in [0.2, 0.25) is 0 Å². The van der Waals surface area contributed by atoms with E-state index in [1.165, 1.54) is 0 Å². The second-order valence-electron chi connectivity index (χ2n) is 4.94. The molecule has 0 radical (unpaired) electrons. The maximum absolute atomic E-state index is 8.88. The fourth-order valence-corrected chi connectivity index (χ4v) is 2.48. The summed E-state index contributed by atoms with van der Waals surface area (Å²) in [4.78, 5) is 7.71. The van der Waals surface area contributed by atoms with Crippen molar-refractivity contribution in [2.24, 2.45) is 22.6 Å². The highest BCUT2D eigenvalue weighted by atomic mass is 15.2. The second kappa shape index (κ2) is 4.18. The zero-order valence-electron chi connectivity index (χ0n) is 9.90. The Morgan fingerprint density at radius 3 is 2.53 bits per heavy atom. The predicted molar refractivity (Wildman–Crippen MR) is 62.7 cm³/mol. The monoisotopic (exact) mass is 230 g/mol. The number of nitrogens with one attached hydrogen (secondary N) is 1. The largest absolute Gasteiger partial charge is 0.291 e. The molecule has 17 heavy (non-hydrogen) atoms. The van der Waals surface area contributed by atoms with Crippen molar-refractivity contribution < 1.29 is 4.99 Å². The van der Waals surface area contributed by atoms with Crippen LogP contribution >= 0.6 is 0 Å². The first kappa shape index (κ1) is 11.6. The number of hydrogen-bond acceptors (Lipinski definition) is 4. The molecule has 2 rings (SSSR count). The quantitative estimate of drug-likeness (QED) is 0.632. The van der Waals surface area contributed by atoms with Crippen LogP contribution in [0.2, 0.25) is 0 Å². The molecule has 1 heterocycles. The van der Waals surface area contributed by atoms with E-state index in [4.69, 9.17) is 16.3 Å². The summed E-state index contributed by atoms with van der Waals surface area (Å²) >= 11 is 0. The fraction of sp³-hybridized carbons (Fsp3) is 0.667. The first-order valence-electron chi connectivity index (χ1n) is 5.90. The molecule has 0 saturated heterocycles. The number of hydrogen-bond donors (Lipinski definition) is 2. The van der Waals surface area contributed by atoms with E-state index in [0.29, 0.717) is 17.5 Å². The minimum Gasteiger partial charge on any atom is -0.286 e. The normalized spacial score (nSPS) is 31.9. The van der Waals surface area contributed by atoms with Gasteiger partial charge in [-0.25, -0.2) is 9.98 Å². The summed E-state index contributed by atoms with van der Waals surface area (Å²) in [5.41, 5.74) is 5.92. The van der Waals surface area contributed by atoms with Gasteiger partial charge < -0.3 is 0 Å². The third-order valence-corrected chi connectivity index (χ3v) is 3.61. The molecule has 1 fully saturated rings. The van der Waals surface area contributed by atoms with Crippen molar-refractivity contribution in [1.82, 2.24) is 0 Å². The molecule has 5 heteroatoms. The third kappa shape index (κ3) is 2.01. The maximum atomic E-state index is 8.88. The van der Waals surface area contributed by atoms with Crippen LogP contribution in [0, 0.1) is 34.5 Å². The Bertz CT molecular complexity index is 440.